The first kappa shape index (κ1) is 21.1. The highest BCUT2D eigenvalue weighted by Crippen LogP contribution is 2.64. The van der Waals surface area contributed by atoms with Crippen molar-refractivity contribution in [1.29, 1.82) is 0 Å². The molecule has 2 saturated carbocycles. The molecule has 0 bridgehead atoms. The maximum absolute atomic E-state index is 11.7. The van der Waals surface area contributed by atoms with Crippen LogP contribution in [0.3, 0.4) is 0 Å². The van der Waals surface area contributed by atoms with E-state index in [1.807, 2.05) is 0 Å². The van der Waals surface area contributed by atoms with Crippen molar-refractivity contribution in [3.63, 3.8) is 0 Å². The van der Waals surface area contributed by atoms with Gasteiger partial charge in [0.25, 0.3) is 0 Å². The fourth-order valence-electron chi connectivity index (χ4n) is 6.59. The van der Waals surface area contributed by atoms with E-state index in [-0.39, 0.29) is 34.3 Å². The molecule has 0 aromatic carbocycles. The molecule has 3 aliphatic carbocycles. The third-order valence-electron chi connectivity index (χ3n) is 7.90. The third kappa shape index (κ3) is 3.79. The minimum absolute atomic E-state index is 0.0415. The number of hydrogen-bond acceptors (Lipinski definition) is 4. The largest absolute Gasteiger partial charge is 0.465 e. The Bertz CT molecular complexity index is 695. The van der Waals surface area contributed by atoms with E-state index in [9.17, 15) is 9.59 Å². The highest BCUT2D eigenvalue weighted by molar-refractivity contribution is 5.66. The van der Waals surface area contributed by atoms with Gasteiger partial charge in [-0.05, 0) is 61.2 Å². The van der Waals surface area contributed by atoms with E-state index >= 15 is 0 Å². The molecule has 2 fully saturated rings. The monoisotopic (exact) mass is 388 g/mol. The maximum atomic E-state index is 11.7. The van der Waals surface area contributed by atoms with Gasteiger partial charge in [-0.2, -0.15) is 0 Å². The van der Waals surface area contributed by atoms with E-state index in [2.05, 4.69) is 39.5 Å². The number of fused-ring (bicyclic) bond motifs is 3. The minimum Gasteiger partial charge on any atom is -0.465 e. The molecule has 0 saturated heterocycles. The van der Waals surface area contributed by atoms with E-state index in [1.54, 1.807) is 5.57 Å². The number of carbonyl (C=O) groups excluding carboxylic acids is 2. The Morgan fingerprint density at radius 3 is 2.54 bits per heavy atom. The molecular formula is C24H36O4. The first-order chi connectivity index (χ1) is 13.0. The Morgan fingerprint density at radius 1 is 1.21 bits per heavy atom. The SMILES string of the molecule is C=CC1(C)CCC2C(=CCC3C(C)(COC(C)=O)CC(OC(C)=O)CC23C)C1. The molecular weight excluding hydrogens is 352 g/mol. The van der Waals surface area contributed by atoms with Crippen LogP contribution in [0.2, 0.25) is 0 Å². The van der Waals surface area contributed by atoms with Crippen molar-refractivity contribution in [2.45, 2.75) is 79.2 Å². The Morgan fingerprint density at radius 2 is 1.93 bits per heavy atom. The molecule has 0 spiro atoms. The number of hydrogen-bond donors (Lipinski definition) is 0. The maximum Gasteiger partial charge on any atom is 0.302 e. The Hall–Kier alpha value is -1.58. The van der Waals surface area contributed by atoms with Gasteiger partial charge in [0, 0.05) is 19.3 Å². The molecule has 0 aromatic rings. The summed E-state index contributed by atoms with van der Waals surface area (Å²) >= 11 is 0. The van der Waals surface area contributed by atoms with Crippen LogP contribution in [0.1, 0.15) is 73.1 Å². The van der Waals surface area contributed by atoms with Crippen LogP contribution in [-0.4, -0.2) is 24.6 Å². The van der Waals surface area contributed by atoms with Crippen LogP contribution < -0.4 is 0 Å². The second-order valence-electron chi connectivity index (χ2n) is 10.3. The van der Waals surface area contributed by atoms with Crippen LogP contribution >= 0.6 is 0 Å². The highest BCUT2D eigenvalue weighted by Gasteiger charge is 2.58. The zero-order valence-electron chi connectivity index (χ0n) is 18.2. The van der Waals surface area contributed by atoms with Gasteiger partial charge in [0.15, 0.2) is 0 Å². The summed E-state index contributed by atoms with van der Waals surface area (Å²) in [7, 11) is 0. The summed E-state index contributed by atoms with van der Waals surface area (Å²) in [5.74, 6) is 0.433. The van der Waals surface area contributed by atoms with Gasteiger partial charge in [-0.25, -0.2) is 0 Å². The smallest absolute Gasteiger partial charge is 0.302 e. The number of carbonyl (C=O) groups is 2. The van der Waals surface area contributed by atoms with Crippen LogP contribution in [0.25, 0.3) is 0 Å². The van der Waals surface area contributed by atoms with E-state index in [1.165, 1.54) is 13.8 Å². The quantitative estimate of drug-likeness (QED) is 0.489. The predicted molar refractivity (Wildman–Crippen MR) is 109 cm³/mol. The normalized spacial score (nSPS) is 42.5. The summed E-state index contributed by atoms with van der Waals surface area (Å²) in [6.45, 7) is 14.3. The van der Waals surface area contributed by atoms with Gasteiger partial charge >= 0.3 is 11.9 Å². The van der Waals surface area contributed by atoms with Crippen LogP contribution in [0, 0.1) is 28.1 Å². The number of rotatable bonds is 4. The van der Waals surface area contributed by atoms with Crippen LogP contribution in [0.5, 0.6) is 0 Å². The molecule has 6 atom stereocenters. The number of ether oxygens (including phenoxy) is 2. The molecule has 156 valence electrons. The molecule has 0 radical (unpaired) electrons. The van der Waals surface area contributed by atoms with E-state index in [4.69, 9.17) is 9.47 Å². The third-order valence-corrected chi connectivity index (χ3v) is 7.90. The van der Waals surface area contributed by atoms with Crippen LogP contribution in [-0.2, 0) is 19.1 Å². The molecule has 0 heterocycles. The lowest BCUT2D eigenvalue weighted by molar-refractivity contribution is -0.175. The zero-order chi connectivity index (χ0) is 20.7. The number of esters is 2. The van der Waals surface area contributed by atoms with Gasteiger partial charge in [0.2, 0.25) is 0 Å². The second-order valence-corrected chi connectivity index (χ2v) is 10.3. The van der Waals surface area contributed by atoms with Gasteiger partial charge in [0.05, 0.1) is 6.61 Å². The summed E-state index contributed by atoms with van der Waals surface area (Å²) in [6, 6.07) is 0. The summed E-state index contributed by atoms with van der Waals surface area (Å²) in [5.41, 5.74) is 1.57. The van der Waals surface area contributed by atoms with Gasteiger partial charge in [-0.1, -0.05) is 38.5 Å². The molecule has 4 nitrogen and oxygen atoms in total. The van der Waals surface area contributed by atoms with Gasteiger partial charge in [-0.3, -0.25) is 9.59 Å². The van der Waals surface area contributed by atoms with Gasteiger partial charge in [0.1, 0.15) is 6.10 Å². The topological polar surface area (TPSA) is 52.6 Å². The average molecular weight is 389 g/mol. The lowest BCUT2D eigenvalue weighted by Gasteiger charge is -2.60. The Labute approximate surface area is 169 Å². The van der Waals surface area contributed by atoms with Crippen molar-refractivity contribution in [3.8, 4) is 0 Å². The van der Waals surface area contributed by atoms with Crippen molar-refractivity contribution in [2.24, 2.45) is 28.1 Å². The standard InChI is InChI=1S/C24H36O4/c1-7-22(4)11-10-20-18(12-22)8-9-21-23(5,15-27-16(2)25)13-19(28-17(3)26)14-24(20,21)6/h7-8,19-21H,1,9-15H2,2-6H3. The van der Waals surface area contributed by atoms with Crippen LogP contribution in [0.4, 0.5) is 0 Å². The molecule has 4 heteroatoms. The summed E-state index contributed by atoms with van der Waals surface area (Å²) in [5, 5.41) is 0. The molecule has 28 heavy (non-hydrogen) atoms. The van der Waals surface area contributed by atoms with Crippen molar-refractivity contribution in [3.05, 3.63) is 24.3 Å². The summed E-state index contributed by atoms with van der Waals surface area (Å²) in [6.07, 6.45) is 10.4. The highest BCUT2D eigenvalue weighted by atomic mass is 16.5. The first-order valence-corrected chi connectivity index (χ1v) is 10.6. The molecule has 3 rings (SSSR count). The van der Waals surface area contributed by atoms with Crippen molar-refractivity contribution in [2.75, 3.05) is 6.61 Å². The summed E-state index contributed by atoms with van der Waals surface area (Å²) in [4.78, 5) is 23.3. The lowest BCUT2D eigenvalue weighted by atomic mass is 9.45. The molecule has 0 amide bonds. The van der Waals surface area contributed by atoms with Crippen molar-refractivity contribution < 1.29 is 19.1 Å². The molecule has 6 unspecified atom stereocenters. The van der Waals surface area contributed by atoms with E-state index in [0.29, 0.717) is 18.4 Å². The molecule has 0 aromatic heterocycles. The first-order valence-electron chi connectivity index (χ1n) is 10.6. The molecule has 0 aliphatic heterocycles. The second kappa shape index (κ2) is 7.35. The zero-order valence-corrected chi connectivity index (χ0v) is 18.2. The van der Waals surface area contributed by atoms with Crippen molar-refractivity contribution in [1.82, 2.24) is 0 Å². The average Bonchev–Trinajstić information content (AvgIpc) is 2.58. The molecule has 3 aliphatic rings. The fourth-order valence-corrected chi connectivity index (χ4v) is 6.59. The van der Waals surface area contributed by atoms with Gasteiger partial charge < -0.3 is 9.47 Å². The minimum atomic E-state index is -0.246. The summed E-state index contributed by atoms with van der Waals surface area (Å²) < 4.78 is 11.2. The Balaban J connectivity index is 1.95. The fraction of sp³-hybridized carbons (Fsp3) is 0.750. The Kier molecular flexibility index (Phi) is 5.55. The molecule has 0 N–H and O–H groups in total. The van der Waals surface area contributed by atoms with E-state index < -0.39 is 0 Å². The lowest BCUT2D eigenvalue weighted by Crippen LogP contribution is -2.56. The van der Waals surface area contributed by atoms with Crippen LogP contribution in [0.15, 0.2) is 24.3 Å². The van der Waals surface area contributed by atoms with Crippen molar-refractivity contribution >= 4 is 11.9 Å². The van der Waals surface area contributed by atoms with Gasteiger partial charge in [-0.15, -0.1) is 6.58 Å². The predicted octanol–water partition coefficient (Wildman–Crippen LogP) is 5.23. The number of allylic oxidation sites excluding steroid dienone is 3. The van der Waals surface area contributed by atoms with E-state index in [0.717, 1.165) is 38.5 Å².